The molecule has 5 heteroatoms. The molecule has 0 radical (unpaired) electrons. The van der Waals surface area contributed by atoms with Gasteiger partial charge in [-0.1, -0.05) is 36.8 Å². The molecule has 0 saturated heterocycles. The minimum Gasteiger partial charge on any atom is -0.455 e. The maximum absolute atomic E-state index is 12.4. The summed E-state index contributed by atoms with van der Waals surface area (Å²) < 4.78 is 5.50. The Morgan fingerprint density at radius 1 is 1.31 bits per heavy atom. The fraction of sp³-hybridized carbons (Fsp3) is 0.333. The number of nitrogens with zero attached hydrogens (tertiary/aromatic N) is 1. The molecule has 0 fully saturated rings. The number of hydrogen-bond acceptors (Lipinski definition) is 5. The Hall–Kier alpha value is -1.98. The van der Waals surface area contributed by atoms with Gasteiger partial charge in [-0.25, -0.2) is 9.78 Å². The van der Waals surface area contributed by atoms with Crippen LogP contribution >= 0.6 is 22.7 Å². The summed E-state index contributed by atoms with van der Waals surface area (Å²) in [5.74, 6) is 0.470. The first kappa shape index (κ1) is 17.4. The Labute approximate surface area is 161 Å². The van der Waals surface area contributed by atoms with Gasteiger partial charge in [0.15, 0.2) is 0 Å². The van der Waals surface area contributed by atoms with E-state index in [0.717, 1.165) is 34.0 Å². The molecule has 0 N–H and O–H groups in total. The van der Waals surface area contributed by atoms with E-state index in [1.807, 2.05) is 11.4 Å². The van der Waals surface area contributed by atoms with Crippen LogP contribution in [0.1, 0.15) is 44.7 Å². The fourth-order valence-corrected chi connectivity index (χ4v) is 5.13. The quantitative estimate of drug-likeness (QED) is 0.546. The van der Waals surface area contributed by atoms with Crippen LogP contribution in [-0.4, -0.2) is 11.0 Å². The molecule has 4 rings (SSSR count). The summed E-state index contributed by atoms with van der Waals surface area (Å²) in [5, 5.41) is 2.92. The predicted molar refractivity (Wildman–Crippen MR) is 107 cm³/mol. The molecular weight excluding hydrogens is 362 g/mol. The number of carbonyl (C=O) groups excluding carboxylic acids is 1. The second-order valence-corrected chi connectivity index (χ2v) is 8.99. The molecule has 2 heterocycles. The SMILES string of the molecule is Cc1ccc(-c2nc(COC(=O)c3cc4c(s3)CC[C@H](C)C4)cs2)cc1. The maximum atomic E-state index is 12.4. The van der Waals surface area contributed by atoms with Crippen molar-refractivity contribution < 1.29 is 9.53 Å². The molecule has 1 aliphatic rings. The molecule has 0 aliphatic heterocycles. The summed E-state index contributed by atoms with van der Waals surface area (Å²) in [7, 11) is 0. The zero-order chi connectivity index (χ0) is 18.1. The molecular formula is C21H21NO2S2. The van der Waals surface area contributed by atoms with E-state index in [1.165, 1.54) is 22.4 Å². The van der Waals surface area contributed by atoms with Gasteiger partial charge >= 0.3 is 5.97 Å². The maximum Gasteiger partial charge on any atom is 0.348 e. The highest BCUT2D eigenvalue weighted by atomic mass is 32.1. The van der Waals surface area contributed by atoms with Gasteiger partial charge < -0.3 is 4.74 Å². The second-order valence-electron chi connectivity index (χ2n) is 6.99. The lowest BCUT2D eigenvalue weighted by atomic mass is 9.90. The standard InChI is InChI=1S/C21H21NO2S2/c1-13-3-6-15(7-4-13)20-22-17(12-25-20)11-24-21(23)19-10-16-9-14(2)5-8-18(16)26-19/h3-4,6-7,10,12,14H,5,8-9,11H2,1-2H3/t14-/m0/s1. The van der Waals surface area contributed by atoms with Gasteiger partial charge in [-0.15, -0.1) is 22.7 Å². The molecule has 0 spiro atoms. The van der Waals surface area contributed by atoms with Crippen LogP contribution in [0.2, 0.25) is 0 Å². The van der Waals surface area contributed by atoms with Crippen molar-refractivity contribution >= 4 is 28.6 Å². The lowest BCUT2D eigenvalue weighted by Gasteiger charge is -2.16. The third-order valence-electron chi connectivity index (χ3n) is 4.73. The number of thiazole rings is 1. The molecule has 3 aromatic rings. The van der Waals surface area contributed by atoms with E-state index in [9.17, 15) is 4.79 Å². The van der Waals surface area contributed by atoms with Crippen LogP contribution in [0.5, 0.6) is 0 Å². The summed E-state index contributed by atoms with van der Waals surface area (Å²) in [5.41, 5.74) is 4.45. The van der Waals surface area contributed by atoms with Crippen LogP contribution in [0.15, 0.2) is 35.7 Å². The number of hydrogen-bond donors (Lipinski definition) is 0. The van der Waals surface area contributed by atoms with Crippen LogP contribution in [0.4, 0.5) is 0 Å². The van der Waals surface area contributed by atoms with Crippen molar-refractivity contribution in [3.8, 4) is 10.6 Å². The number of ether oxygens (including phenoxy) is 1. The highest BCUT2D eigenvalue weighted by Gasteiger charge is 2.21. The van der Waals surface area contributed by atoms with E-state index in [-0.39, 0.29) is 12.6 Å². The average molecular weight is 384 g/mol. The van der Waals surface area contributed by atoms with Crippen LogP contribution in [0.25, 0.3) is 10.6 Å². The Balaban J connectivity index is 1.40. The smallest absolute Gasteiger partial charge is 0.348 e. The number of esters is 1. The normalized spacial score (nSPS) is 16.3. The number of aromatic nitrogens is 1. The molecule has 134 valence electrons. The van der Waals surface area contributed by atoms with E-state index < -0.39 is 0 Å². The van der Waals surface area contributed by atoms with Crippen molar-refractivity contribution in [3.63, 3.8) is 0 Å². The third-order valence-corrected chi connectivity index (χ3v) is 6.89. The summed E-state index contributed by atoms with van der Waals surface area (Å²) in [6.45, 7) is 4.56. The van der Waals surface area contributed by atoms with Crippen molar-refractivity contribution in [2.24, 2.45) is 5.92 Å². The summed E-state index contributed by atoms with van der Waals surface area (Å²) in [6, 6.07) is 10.3. The van der Waals surface area contributed by atoms with Gasteiger partial charge in [0.05, 0.1) is 5.69 Å². The van der Waals surface area contributed by atoms with E-state index in [4.69, 9.17) is 4.74 Å². The van der Waals surface area contributed by atoms with Crippen LogP contribution in [0.3, 0.4) is 0 Å². The highest BCUT2D eigenvalue weighted by Crippen LogP contribution is 2.32. The van der Waals surface area contributed by atoms with Crippen molar-refractivity contribution in [1.29, 1.82) is 0 Å². The van der Waals surface area contributed by atoms with Gasteiger partial charge in [0.25, 0.3) is 0 Å². The lowest BCUT2D eigenvalue weighted by molar-refractivity contribution is 0.0474. The molecule has 0 saturated carbocycles. The van der Waals surface area contributed by atoms with Crippen LogP contribution < -0.4 is 0 Å². The number of rotatable bonds is 4. The Morgan fingerprint density at radius 2 is 2.12 bits per heavy atom. The zero-order valence-corrected chi connectivity index (χ0v) is 16.6. The van der Waals surface area contributed by atoms with Crippen molar-refractivity contribution in [3.05, 3.63) is 62.3 Å². The summed E-state index contributed by atoms with van der Waals surface area (Å²) >= 11 is 3.17. The molecule has 3 nitrogen and oxygen atoms in total. The van der Waals surface area contributed by atoms with Crippen molar-refractivity contribution in [2.45, 2.75) is 39.7 Å². The van der Waals surface area contributed by atoms with Crippen LogP contribution in [0, 0.1) is 12.8 Å². The monoisotopic (exact) mass is 383 g/mol. The first-order valence-corrected chi connectivity index (χ1v) is 10.6. The Bertz CT molecular complexity index is 924. The Kier molecular flexibility index (Phi) is 4.92. The molecule has 1 atom stereocenters. The lowest BCUT2D eigenvalue weighted by Crippen LogP contribution is -2.08. The Morgan fingerprint density at radius 3 is 2.92 bits per heavy atom. The minimum absolute atomic E-state index is 0.222. The molecule has 0 unspecified atom stereocenters. The number of carbonyl (C=O) groups is 1. The van der Waals surface area contributed by atoms with Crippen molar-refractivity contribution in [2.75, 3.05) is 0 Å². The first-order valence-electron chi connectivity index (χ1n) is 8.88. The molecule has 1 aliphatic carbocycles. The van der Waals surface area contributed by atoms with E-state index in [1.54, 1.807) is 22.7 Å². The minimum atomic E-state index is -0.234. The van der Waals surface area contributed by atoms with Gasteiger partial charge in [0, 0.05) is 15.8 Å². The number of aryl methyl sites for hydroxylation is 2. The summed E-state index contributed by atoms with van der Waals surface area (Å²) in [6.07, 6.45) is 3.37. The van der Waals surface area contributed by atoms with Crippen molar-refractivity contribution in [1.82, 2.24) is 4.98 Å². The first-order chi connectivity index (χ1) is 12.6. The highest BCUT2D eigenvalue weighted by molar-refractivity contribution is 7.14. The molecule has 0 bridgehead atoms. The van der Waals surface area contributed by atoms with Gasteiger partial charge in [0.1, 0.15) is 16.5 Å². The average Bonchev–Trinajstić information content (AvgIpc) is 3.27. The molecule has 1 aromatic carbocycles. The van der Waals surface area contributed by atoms with Crippen LogP contribution in [-0.2, 0) is 24.2 Å². The predicted octanol–water partition coefficient (Wildman–Crippen LogP) is 5.66. The largest absolute Gasteiger partial charge is 0.455 e. The molecule has 2 aromatic heterocycles. The molecule has 26 heavy (non-hydrogen) atoms. The van der Waals surface area contributed by atoms with Gasteiger partial charge in [-0.05, 0) is 43.7 Å². The van der Waals surface area contributed by atoms with E-state index in [2.05, 4.69) is 43.1 Å². The topological polar surface area (TPSA) is 39.2 Å². The molecule has 0 amide bonds. The number of benzene rings is 1. The second kappa shape index (κ2) is 7.33. The third kappa shape index (κ3) is 3.74. The fourth-order valence-electron chi connectivity index (χ4n) is 3.22. The van der Waals surface area contributed by atoms with Gasteiger partial charge in [0.2, 0.25) is 0 Å². The zero-order valence-electron chi connectivity index (χ0n) is 15.0. The van der Waals surface area contributed by atoms with E-state index >= 15 is 0 Å². The number of thiophene rings is 1. The number of fused-ring (bicyclic) bond motifs is 1. The van der Waals surface area contributed by atoms with Gasteiger partial charge in [-0.3, -0.25) is 0 Å². The van der Waals surface area contributed by atoms with Gasteiger partial charge in [-0.2, -0.15) is 0 Å². The summed E-state index contributed by atoms with van der Waals surface area (Å²) in [4.78, 5) is 19.1. The van der Waals surface area contributed by atoms with E-state index in [0.29, 0.717) is 5.92 Å².